The minimum absolute atomic E-state index is 0.00152. The number of rotatable bonds is 6. The molecule has 0 spiro atoms. The van der Waals surface area contributed by atoms with Crippen LogP contribution in [0.4, 0.5) is 29.5 Å². The normalized spacial score (nSPS) is 13.8. The van der Waals surface area contributed by atoms with Crippen molar-refractivity contribution in [1.82, 2.24) is 0 Å². The standard InChI is InChI=1S/C21H22F3N3O5S2/c1-31-19(28)17-15-6-4-2-3-5-7-16(15)34-18(17)26-20(33)25-12-8-13(27(29)30)10-14(9-12)32-11-21(22,23)24/h8-10H,2-7,11H2,1H3,(H2,25,26,33). The molecule has 2 N–H and O–H groups in total. The van der Waals surface area contributed by atoms with E-state index in [0.717, 1.165) is 61.1 Å². The molecule has 0 amide bonds. The summed E-state index contributed by atoms with van der Waals surface area (Å²) in [7, 11) is 1.29. The Labute approximate surface area is 202 Å². The minimum Gasteiger partial charge on any atom is -0.484 e. The summed E-state index contributed by atoms with van der Waals surface area (Å²) in [5, 5.41) is 17.4. The Hall–Kier alpha value is -2.93. The number of nitro groups is 1. The highest BCUT2D eigenvalue weighted by atomic mass is 32.1. The summed E-state index contributed by atoms with van der Waals surface area (Å²) in [6, 6.07) is 3.17. The summed E-state index contributed by atoms with van der Waals surface area (Å²) in [6.45, 7) is -1.60. The number of methoxy groups -OCH3 is 1. The Morgan fingerprint density at radius 2 is 1.88 bits per heavy atom. The molecule has 0 saturated heterocycles. The van der Waals surface area contributed by atoms with E-state index in [0.29, 0.717) is 10.6 Å². The van der Waals surface area contributed by atoms with Gasteiger partial charge in [-0.15, -0.1) is 11.3 Å². The van der Waals surface area contributed by atoms with Crippen molar-refractivity contribution in [3.8, 4) is 5.75 Å². The molecule has 1 aromatic carbocycles. The molecular weight excluding hydrogens is 495 g/mol. The molecular formula is C21H22F3N3O5S2. The number of hydrogen-bond acceptors (Lipinski definition) is 7. The van der Waals surface area contributed by atoms with Crippen molar-refractivity contribution in [3.63, 3.8) is 0 Å². The van der Waals surface area contributed by atoms with Crippen molar-refractivity contribution in [2.45, 2.75) is 44.7 Å². The fraction of sp³-hybridized carbons (Fsp3) is 0.429. The Morgan fingerprint density at radius 1 is 1.18 bits per heavy atom. The van der Waals surface area contributed by atoms with Crippen molar-refractivity contribution < 1.29 is 32.4 Å². The predicted molar refractivity (Wildman–Crippen MR) is 126 cm³/mol. The van der Waals surface area contributed by atoms with Gasteiger partial charge in [-0.05, 0) is 43.5 Å². The minimum atomic E-state index is -4.60. The summed E-state index contributed by atoms with van der Waals surface area (Å²) in [6.07, 6.45) is 1.10. The van der Waals surface area contributed by atoms with E-state index in [9.17, 15) is 28.1 Å². The van der Waals surface area contributed by atoms with Gasteiger partial charge in [-0.25, -0.2) is 4.79 Å². The largest absolute Gasteiger partial charge is 0.484 e. The molecule has 1 aliphatic rings. The number of carbonyl (C=O) groups excluding carboxylic acids is 1. The van der Waals surface area contributed by atoms with Crippen LogP contribution in [0, 0.1) is 10.1 Å². The van der Waals surface area contributed by atoms with Crippen molar-refractivity contribution in [2.75, 3.05) is 24.4 Å². The number of alkyl halides is 3. The molecule has 0 fully saturated rings. The average molecular weight is 518 g/mol. The third-order valence-corrected chi connectivity index (χ3v) is 6.46. The zero-order valence-electron chi connectivity index (χ0n) is 18.1. The monoisotopic (exact) mass is 517 g/mol. The van der Waals surface area contributed by atoms with Crippen LogP contribution in [0.3, 0.4) is 0 Å². The number of thiophene rings is 1. The van der Waals surface area contributed by atoms with Crippen LogP contribution in [0.2, 0.25) is 0 Å². The highest BCUT2D eigenvalue weighted by Crippen LogP contribution is 2.38. The number of carbonyl (C=O) groups is 1. The molecule has 0 aliphatic heterocycles. The lowest BCUT2D eigenvalue weighted by Crippen LogP contribution is -2.21. The van der Waals surface area contributed by atoms with Gasteiger partial charge in [0.05, 0.1) is 29.4 Å². The first-order valence-corrected chi connectivity index (χ1v) is 11.6. The van der Waals surface area contributed by atoms with Crippen molar-refractivity contribution >= 4 is 51.0 Å². The number of anilines is 2. The number of halogens is 3. The van der Waals surface area contributed by atoms with Gasteiger partial charge < -0.3 is 20.1 Å². The molecule has 34 heavy (non-hydrogen) atoms. The van der Waals surface area contributed by atoms with E-state index in [1.807, 2.05) is 0 Å². The maximum atomic E-state index is 12.5. The van der Waals surface area contributed by atoms with Crippen LogP contribution in [0.1, 0.15) is 46.5 Å². The van der Waals surface area contributed by atoms with Gasteiger partial charge >= 0.3 is 12.1 Å². The summed E-state index contributed by atoms with van der Waals surface area (Å²) in [5.74, 6) is -0.840. The molecule has 0 saturated carbocycles. The van der Waals surface area contributed by atoms with Crippen LogP contribution in [0.5, 0.6) is 5.75 Å². The maximum absolute atomic E-state index is 12.5. The van der Waals surface area contributed by atoms with E-state index >= 15 is 0 Å². The first-order chi connectivity index (χ1) is 16.1. The molecule has 1 aromatic heterocycles. The van der Waals surface area contributed by atoms with Crippen molar-refractivity contribution in [1.29, 1.82) is 0 Å². The Morgan fingerprint density at radius 3 is 2.53 bits per heavy atom. The number of nitrogens with one attached hydrogen (secondary N) is 2. The number of fused-ring (bicyclic) bond motifs is 1. The van der Waals surface area contributed by atoms with Gasteiger partial charge in [0.15, 0.2) is 11.7 Å². The maximum Gasteiger partial charge on any atom is 0.422 e. The number of thiocarbonyl (C=S) groups is 1. The second-order valence-electron chi connectivity index (χ2n) is 7.57. The van der Waals surface area contributed by atoms with Crippen molar-refractivity contribution in [3.05, 3.63) is 44.3 Å². The highest BCUT2D eigenvalue weighted by Gasteiger charge is 2.29. The fourth-order valence-electron chi connectivity index (χ4n) is 3.60. The van der Waals surface area contributed by atoms with Crippen LogP contribution in [0.15, 0.2) is 18.2 Å². The number of esters is 1. The first-order valence-electron chi connectivity index (χ1n) is 10.4. The lowest BCUT2D eigenvalue weighted by atomic mass is 9.96. The summed E-state index contributed by atoms with van der Waals surface area (Å²) >= 11 is 6.70. The van der Waals surface area contributed by atoms with Gasteiger partial charge in [0, 0.05) is 17.0 Å². The van der Waals surface area contributed by atoms with Crippen molar-refractivity contribution in [2.24, 2.45) is 0 Å². The number of benzene rings is 1. The molecule has 3 rings (SSSR count). The topological polar surface area (TPSA) is 103 Å². The second-order valence-corrected chi connectivity index (χ2v) is 9.08. The van der Waals surface area contributed by atoms with E-state index in [4.69, 9.17) is 17.0 Å². The zero-order valence-corrected chi connectivity index (χ0v) is 19.8. The van der Waals surface area contributed by atoms with Crippen LogP contribution in [-0.4, -0.2) is 35.9 Å². The molecule has 1 aliphatic carbocycles. The molecule has 0 bridgehead atoms. The Kier molecular flexibility index (Phi) is 8.31. The molecule has 0 atom stereocenters. The predicted octanol–water partition coefficient (Wildman–Crippen LogP) is 5.85. The number of non-ortho nitro benzene ring substituents is 1. The number of nitrogens with zero attached hydrogens (tertiary/aromatic N) is 1. The van der Waals surface area contributed by atoms with Gasteiger partial charge in [0.2, 0.25) is 0 Å². The molecule has 13 heteroatoms. The van der Waals surface area contributed by atoms with E-state index in [2.05, 4.69) is 15.4 Å². The van der Waals surface area contributed by atoms with Gasteiger partial charge in [0.25, 0.3) is 5.69 Å². The fourth-order valence-corrected chi connectivity index (χ4v) is 5.17. The molecule has 0 radical (unpaired) electrons. The lowest BCUT2D eigenvalue weighted by Gasteiger charge is -2.13. The molecule has 0 unspecified atom stereocenters. The third-order valence-electron chi connectivity index (χ3n) is 5.05. The second kappa shape index (κ2) is 11.0. The van der Waals surface area contributed by atoms with Gasteiger partial charge in [-0.1, -0.05) is 12.8 Å². The number of nitro benzene ring substituents is 1. The Bertz CT molecular complexity index is 1090. The summed E-state index contributed by atoms with van der Waals surface area (Å²) in [5.41, 5.74) is 0.916. The van der Waals surface area contributed by atoms with Gasteiger partial charge in [-0.3, -0.25) is 10.1 Å². The third kappa shape index (κ3) is 6.79. The Balaban J connectivity index is 1.83. The summed E-state index contributed by atoms with van der Waals surface area (Å²) < 4.78 is 47.1. The number of aryl methyl sites for hydroxylation is 1. The van der Waals surface area contributed by atoms with Gasteiger partial charge in [-0.2, -0.15) is 13.2 Å². The molecule has 184 valence electrons. The van der Waals surface area contributed by atoms with Crippen LogP contribution < -0.4 is 15.4 Å². The van der Waals surface area contributed by atoms with Crippen LogP contribution in [0.25, 0.3) is 0 Å². The molecule has 2 aromatic rings. The van der Waals surface area contributed by atoms with E-state index in [1.165, 1.54) is 24.5 Å². The van der Waals surface area contributed by atoms with Gasteiger partial charge in [0.1, 0.15) is 10.8 Å². The molecule has 1 heterocycles. The molecule has 8 nitrogen and oxygen atoms in total. The summed E-state index contributed by atoms with van der Waals surface area (Å²) in [4.78, 5) is 24.0. The van der Waals surface area contributed by atoms with E-state index < -0.39 is 29.4 Å². The number of hydrogen-bond donors (Lipinski definition) is 2. The average Bonchev–Trinajstić information content (AvgIpc) is 3.06. The SMILES string of the molecule is COC(=O)c1c(NC(=S)Nc2cc(OCC(F)(F)F)cc([N+](=O)[O-])c2)sc2c1CCCCCC2. The smallest absolute Gasteiger partial charge is 0.422 e. The van der Waals surface area contributed by atoms with Crippen LogP contribution in [-0.2, 0) is 17.6 Å². The van der Waals surface area contributed by atoms with E-state index in [1.54, 1.807) is 0 Å². The zero-order chi connectivity index (χ0) is 24.9. The van der Waals surface area contributed by atoms with Crippen LogP contribution >= 0.6 is 23.6 Å². The first kappa shape index (κ1) is 25.7. The lowest BCUT2D eigenvalue weighted by molar-refractivity contribution is -0.384. The number of ether oxygens (including phenoxy) is 2. The van der Waals surface area contributed by atoms with E-state index in [-0.39, 0.29) is 16.5 Å². The quantitative estimate of drug-likeness (QED) is 0.213. The highest BCUT2D eigenvalue weighted by molar-refractivity contribution is 7.80.